The highest BCUT2D eigenvalue weighted by molar-refractivity contribution is 9.10. The molecular weight excluding hydrogens is 324 g/mol. The number of rotatable bonds is 3. The molecule has 0 atom stereocenters. The first-order valence-corrected chi connectivity index (χ1v) is 6.36. The second-order valence-electron chi connectivity index (χ2n) is 3.72. The molecule has 0 fully saturated rings. The Kier molecular flexibility index (Phi) is 4.19. The number of anilines is 1. The Morgan fingerprint density at radius 3 is 2.50 bits per heavy atom. The predicted octanol–water partition coefficient (Wildman–Crippen LogP) is 4.99. The van der Waals surface area contributed by atoms with E-state index in [1.807, 2.05) is 6.07 Å². The zero-order valence-corrected chi connectivity index (χ0v) is 11.5. The van der Waals surface area contributed by atoms with Gasteiger partial charge in [0, 0.05) is 27.8 Å². The van der Waals surface area contributed by atoms with Crippen molar-refractivity contribution in [2.75, 3.05) is 5.32 Å². The van der Waals surface area contributed by atoms with Crippen LogP contribution < -0.4 is 5.32 Å². The van der Waals surface area contributed by atoms with E-state index in [4.69, 9.17) is 11.6 Å². The topological polar surface area (TPSA) is 12.0 Å². The molecule has 0 saturated carbocycles. The molecule has 94 valence electrons. The van der Waals surface area contributed by atoms with Crippen LogP contribution in [0.2, 0.25) is 5.02 Å². The molecule has 0 spiro atoms. The van der Waals surface area contributed by atoms with Gasteiger partial charge in [0.25, 0.3) is 0 Å². The van der Waals surface area contributed by atoms with E-state index in [2.05, 4.69) is 21.2 Å². The molecule has 5 heteroatoms. The van der Waals surface area contributed by atoms with E-state index in [1.54, 1.807) is 12.1 Å². The maximum atomic E-state index is 13.0. The van der Waals surface area contributed by atoms with Crippen molar-refractivity contribution in [2.24, 2.45) is 0 Å². The quantitative estimate of drug-likeness (QED) is 0.834. The average Bonchev–Trinajstić information content (AvgIpc) is 2.32. The second-order valence-corrected chi connectivity index (χ2v) is 5.01. The summed E-state index contributed by atoms with van der Waals surface area (Å²) in [5, 5.41) is 3.65. The molecule has 0 radical (unpaired) electrons. The van der Waals surface area contributed by atoms with Crippen LogP contribution in [0.5, 0.6) is 0 Å². The summed E-state index contributed by atoms with van der Waals surface area (Å²) in [6, 6.07) is 9.12. The number of benzene rings is 2. The molecule has 1 N–H and O–H groups in total. The Morgan fingerprint density at radius 2 is 1.83 bits per heavy atom. The van der Waals surface area contributed by atoms with Crippen molar-refractivity contribution in [2.45, 2.75) is 6.54 Å². The van der Waals surface area contributed by atoms with Crippen LogP contribution in [0.1, 0.15) is 5.56 Å². The predicted molar refractivity (Wildman–Crippen MR) is 72.8 cm³/mol. The summed E-state index contributed by atoms with van der Waals surface area (Å²) in [6.45, 7) is 0.489. The maximum Gasteiger partial charge on any atom is 0.160 e. The molecule has 0 amide bonds. The average molecular weight is 333 g/mol. The van der Waals surface area contributed by atoms with E-state index >= 15 is 0 Å². The van der Waals surface area contributed by atoms with E-state index < -0.39 is 11.6 Å². The fourth-order valence-electron chi connectivity index (χ4n) is 1.47. The first kappa shape index (κ1) is 13.3. The van der Waals surface area contributed by atoms with Gasteiger partial charge in [0.1, 0.15) is 0 Å². The molecule has 18 heavy (non-hydrogen) atoms. The molecule has 0 aliphatic carbocycles. The van der Waals surface area contributed by atoms with E-state index in [0.717, 1.165) is 22.2 Å². The molecule has 0 heterocycles. The van der Waals surface area contributed by atoms with Crippen LogP contribution in [0.25, 0.3) is 0 Å². The summed E-state index contributed by atoms with van der Waals surface area (Å²) in [6.07, 6.45) is 0. The monoisotopic (exact) mass is 331 g/mol. The van der Waals surface area contributed by atoms with Crippen LogP contribution in [0, 0.1) is 11.6 Å². The van der Waals surface area contributed by atoms with Crippen LogP contribution >= 0.6 is 27.5 Å². The Morgan fingerprint density at radius 1 is 1.06 bits per heavy atom. The molecule has 0 saturated heterocycles. The minimum atomic E-state index is -0.866. The number of nitrogens with one attached hydrogen (secondary N) is 1. The molecule has 0 aliphatic heterocycles. The molecule has 0 bridgehead atoms. The lowest BCUT2D eigenvalue weighted by Crippen LogP contribution is -2.01. The van der Waals surface area contributed by atoms with Crippen LogP contribution in [-0.2, 0) is 6.54 Å². The van der Waals surface area contributed by atoms with Gasteiger partial charge in [-0.15, -0.1) is 0 Å². The lowest BCUT2D eigenvalue weighted by atomic mass is 10.2. The van der Waals surface area contributed by atoms with Crippen molar-refractivity contribution in [3.8, 4) is 0 Å². The fourth-order valence-corrected chi connectivity index (χ4v) is 2.29. The molecule has 2 rings (SSSR count). The third kappa shape index (κ3) is 3.21. The van der Waals surface area contributed by atoms with Crippen LogP contribution in [-0.4, -0.2) is 0 Å². The van der Waals surface area contributed by atoms with Crippen molar-refractivity contribution >= 4 is 33.2 Å². The van der Waals surface area contributed by atoms with Crippen LogP contribution in [0.4, 0.5) is 14.5 Å². The number of hydrogen-bond acceptors (Lipinski definition) is 1. The standard InChI is InChI=1S/C13H9BrClF2N/c14-11-5-9(15)2-1-8(11)7-18-10-3-4-12(16)13(17)6-10/h1-6,18H,7H2. The van der Waals surface area contributed by atoms with Gasteiger partial charge in [-0.2, -0.15) is 0 Å². The summed E-state index contributed by atoms with van der Waals surface area (Å²) in [5.41, 5.74) is 1.50. The van der Waals surface area contributed by atoms with E-state index in [9.17, 15) is 8.78 Å². The van der Waals surface area contributed by atoms with Crippen molar-refractivity contribution in [3.05, 3.63) is 63.1 Å². The lowest BCUT2D eigenvalue weighted by Gasteiger charge is -2.09. The Bertz CT molecular complexity index is 575. The Labute approximate surface area is 117 Å². The van der Waals surface area contributed by atoms with Crippen molar-refractivity contribution in [1.82, 2.24) is 0 Å². The smallest absolute Gasteiger partial charge is 0.160 e. The fraction of sp³-hybridized carbons (Fsp3) is 0.0769. The maximum absolute atomic E-state index is 13.0. The highest BCUT2D eigenvalue weighted by Gasteiger charge is 2.04. The Balaban J connectivity index is 2.09. The van der Waals surface area contributed by atoms with E-state index in [1.165, 1.54) is 6.07 Å². The third-order valence-electron chi connectivity index (χ3n) is 2.42. The molecular formula is C13H9BrClF2N. The van der Waals surface area contributed by atoms with E-state index in [0.29, 0.717) is 17.3 Å². The number of hydrogen-bond donors (Lipinski definition) is 1. The second kappa shape index (κ2) is 5.67. The lowest BCUT2D eigenvalue weighted by molar-refractivity contribution is 0.509. The zero-order valence-electron chi connectivity index (χ0n) is 9.18. The summed E-state index contributed by atoms with van der Waals surface area (Å²) < 4.78 is 26.6. The summed E-state index contributed by atoms with van der Waals surface area (Å²) in [7, 11) is 0. The van der Waals surface area contributed by atoms with Gasteiger partial charge >= 0.3 is 0 Å². The van der Waals surface area contributed by atoms with Gasteiger partial charge in [-0.05, 0) is 29.8 Å². The molecule has 1 nitrogen and oxygen atoms in total. The zero-order chi connectivity index (χ0) is 13.1. The largest absolute Gasteiger partial charge is 0.381 e. The SMILES string of the molecule is Fc1ccc(NCc2ccc(Cl)cc2Br)cc1F. The van der Waals surface area contributed by atoms with Crippen molar-refractivity contribution < 1.29 is 8.78 Å². The van der Waals surface area contributed by atoms with Gasteiger partial charge < -0.3 is 5.32 Å². The van der Waals surface area contributed by atoms with Crippen molar-refractivity contribution in [3.63, 3.8) is 0 Å². The molecule has 2 aromatic rings. The van der Waals surface area contributed by atoms with Gasteiger partial charge in [0.15, 0.2) is 11.6 Å². The third-order valence-corrected chi connectivity index (χ3v) is 3.39. The molecule has 0 unspecified atom stereocenters. The minimum Gasteiger partial charge on any atom is -0.381 e. The highest BCUT2D eigenvalue weighted by atomic mass is 79.9. The van der Waals surface area contributed by atoms with Gasteiger partial charge in [-0.3, -0.25) is 0 Å². The minimum absolute atomic E-state index is 0.489. The Hall–Kier alpha value is -1.13. The molecule has 2 aromatic carbocycles. The first-order chi connectivity index (χ1) is 8.56. The number of halogens is 4. The highest BCUT2D eigenvalue weighted by Crippen LogP contribution is 2.22. The van der Waals surface area contributed by atoms with Gasteiger partial charge in [-0.1, -0.05) is 33.6 Å². The van der Waals surface area contributed by atoms with Crippen LogP contribution in [0.15, 0.2) is 40.9 Å². The summed E-state index contributed by atoms with van der Waals surface area (Å²) >= 11 is 9.22. The molecule has 0 aliphatic rings. The van der Waals surface area contributed by atoms with Gasteiger partial charge in [0.05, 0.1) is 0 Å². The normalized spacial score (nSPS) is 10.4. The van der Waals surface area contributed by atoms with Gasteiger partial charge in [-0.25, -0.2) is 8.78 Å². The van der Waals surface area contributed by atoms with Crippen molar-refractivity contribution in [1.29, 1.82) is 0 Å². The molecule has 0 aromatic heterocycles. The van der Waals surface area contributed by atoms with Crippen LogP contribution in [0.3, 0.4) is 0 Å². The summed E-state index contributed by atoms with van der Waals surface area (Å²) in [5.74, 6) is -1.72. The van der Waals surface area contributed by atoms with E-state index in [-0.39, 0.29) is 0 Å². The summed E-state index contributed by atoms with van der Waals surface area (Å²) in [4.78, 5) is 0. The van der Waals surface area contributed by atoms with Gasteiger partial charge in [0.2, 0.25) is 0 Å². The first-order valence-electron chi connectivity index (χ1n) is 5.19.